The van der Waals surface area contributed by atoms with E-state index in [9.17, 15) is 4.79 Å². The summed E-state index contributed by atoms with van der Waals surface area (Å²) in [7, 11) is 0. The first-order valence-electron chi connectivity index (χ1n) is 5.89. The Hall–Kier alpha value is -0.830. The van der Waals surface area contributed by atoms with Gasteiger partial charge in [-0.1, -0.05) is 12.2 Å². The van der Waals surface area contributed by atoms with Gasteiger partial charge in [0.15, 0.2) is 0 Å². The van der Waals surface area contributed by atoms with Gasteiger partial charge in [0.1, 0.15) is 0 Å². The van der Waals surface area contributed by atoms with E-state index in [1.807, 2.05) is 19.1 Å². The number of piperidine rings is 2. The van der Waals surface area contributed by atoms with Gasteiger partial charge in [-0.15, -0.1) is 0 Å². The molecule has 1 amide bonds. The smallest absolute Gasteiger partial charge is 0.226 e. The molecule has 0 radical (unpaired) electrons. The van der Waals surface area contributed by atoms with Crippen LogP contribution in [0.5, 0.6) is 0 Å². The second-order valence-electron chi connectivity index (χ2n) is 4.70. The molecule has 2 bridgehead atoms. The first kappa shape index (κ1) is 10.7. The van der Waals surface area contributed by atoms with E-state index in [1.165, 1.54) is 6.42 Å². The Balaban J connectivity index is 1.90. The van der Waals surface area contributed by atoms with Gasteiger partial charge in [0.05, 0.1) is 0 Å². The topological polar surface area (TPSA) is 32.3 Å². The van der Waals surface area contributed by atoms with Gasteiger partial charge >= 0.3 is 0 Å². The van der Waals surface area contributed by atoms with E-state index >= 15 is 0 Å². The van der Waals surface area contributed by atoms with Crippen molar-refractivity contribution in [2.24, 2.45) is 11.8 Å². The van der Waals surface area contributed by atoms with Crippen molar-refractivity contribution in [1.82, 2.24) is 10.2 Å². The highest BCUT2D eigenvalue weighted by Crippen LogP contribution is 2.24. The minimum atomic E-state index is 0.296. The Kier molecular flexibility index (Phi) is 3.41. The van der Waals surface area contributed by atoms with Gasteiger partial charge in [-0.25, -0.2) is 0 Å². The van der Waals surface area contributed by atoms with Gasteiger partial charge in [0.2, 0.25) is 5.91 Å². The summed E-state index contributed by atoms with van der Waals surface area (Å²) in [6, 6.07) is 0. The number of allylic oxidation sites excluding steroid dienone is 1. The van der Waals surface area contributed by atoms with Crippen LogP contribution in [0.3, 0.4) is 0 Å². The van der Waals surface area contributed by atoms with Crippen molar-refractivity contribution in [3.8, 4) is 0 Å². The lowest BCUT2D eigenvalue weighted by Crippen LogP contribution is -2.52. The SMILES string of the molecule is C/C=C/CC(=O)N1CC2CNCC(C2)C1. The lowest BCUT2D eigenvalue weighted by atomic mass is 9.86. The average Bonchev–Trinajstić information content (AvgIpc) is 2.25. The molecule has 0 spiro atoms. The van der Waals surface area contributed by atoms with Crippen LogP contribution in [0.2, 0.25) is 0 Å². The Labute approximate surface area is 91.5 Å². The third-order valence-corrected chi connectivity index (χ3v) is 3.37. The van der Waals surface area contributed by atoms with Crippen molar-refractivity contribution in [3.05, 3.63) is 12.2 Å². The largest absolute Gasteiger partial charge is 0.342 e. The Morgan fingerprint density at radius 2 is 2.07 bits per heavy atom. The van der Waals surface area contributed by atoms with E-state index in [4.69, 9.17) is 0 Å². The molecule has 0 aromatic heterocycles. The van der Waals surface area contributed by atoms with E-state index in [0.29, 0.717) is 24.2 Å². The zero-order valence-electron chi connectivity index (χ0n) is 9.41. The predicted molar refractivity (Wildman–Crippen MR) is 60.5 cm³/mol. The Morgan fingerprint density at radius 3 is 2.67 bits per heavy atom. The van der Waals surface area contributed by atoms with Gasteiger partial charge in [-0.2, -0.15) is 0 Å². The number of hydrogen-bond acceptors (Lipinski definition) is 2. The third kappa shape index (κ3) is 2.59. The normalized spacial score (nSPS) is 30.9. The summed E-state index contributed by atoms with van der Waals surface area (Å²) in [5, 5.41) is 3.44. The fraction of sp³-hybridized carbons (Fsp3) is 0.750. The summed E-state index contributed by atoms with van der Waals surface area (Å²) in [4.78, 5) is 13.9. The quantitative estimate of drug-likeness (QED) is 0.687. The van der Waals surface area contributed by atoms with Crippen LogP contribution in [-0.2, 0) is 4.79 Å². The second-order valence-corrected chi connectivity index (χ2v) is 4.70. The monoisotopic (exact) mass is 208 g/mol. The van der Waals surface area contributed by atoms with Crippen molar-refractivity contribution >= 4 is 5.91 Å². The first-order valence-corrected chi connectivity index (χ1v) is 5.89. The molecule has 84 valence electrons. The highest BCUT2D eigenvalue weighted by atomic mass is 16.2. The molecular formula is C12H20N2O. The molecule has 2 aliphatic heterocycles. The van der Waals surface area contributed by atoms with Crippen LogP contribution in [0, 0.1) is 11.8 Å². The fourth-order valence-electron chi connectivity index (χ4n) is 2.66. The molecule has 0 saturated carbocycles. The van der Waals surface area contributed by atoms with Crippen LogP contribution >= 0.6 is 0 Å². The van der Waals surface area contributed by atoms with E-state index in [2.05, 4.69) is 10.2 Å². The van der Waals surface area contributed by atoms with E-state index in [-0.39, 0.29) is 0 Å². The standard InChI is InChI=1S/C12H20N2O/c1-2-3-4-12(15)14-8-10-5-11(9-14)7-13-6-10/h2-3,10-11,13H,4-9H2,1H3/b3-2+. The number of nitrogens with one attached hydrogen (secondary N) is 1. The summed E-state index contributed by atoms with van der Waals surface area (Å²) < 4.78 is 0. The fourth-order valence-corrected chi connectivity index (χ4v) is 2.66. The molecular weight excluding hydrogens is 188 g/mol. The van der Waals surface area contributed by atoms with E-state index < -0.39 is 0 Å². The molecule has 0 aromatic carbocycles. The number of likely N-dealkylation sites (tertiary alicyclic amines) is 1. The summed E-state index contributed by atoms with van der Waals surface area (Å²) in [5.74, 6) is 1.67. The van der Waals surface area contributed by atoms with Gasteiger partial charge in [-0.05, 0) is 38.3 Å². The molecule has 2 fully saturated rings. The van der Waals surface area contributed by atoms with Gasteiger partial charge in [0, 0.05) is 19.5 Å². The summed E-state index contributed by atoms with van der Waals surface area (Å²) in [5.41, 5.74) is 0. The molecule has 2 unspecified atom stereocenters. The Morgan fingerprint density at radius 1 is 1.40 bits per heavy atom. The molecule has 2 atom stereocenters. The molecule has 0 aromatic rings. The molecule has 15 heavy (non-hydrogen) atoms. The molecule has 0 aliphatic carbocycles. The maximum Gasteiger partial charge on any atom is 0.226 e. The second kappa shape index (κ2) is 4.79. The minimum absolute atomic E-state index is 0.296. The number of rotatable bonds is 2. The third-order valence-electron chi connectivity index (χ3n) is 3.37. The zero-order valence-corrected chi connectivity index (χ0v) is 9.41. The van der Waals surface area contributed by atoms with Crippen LogP contribution in [0.4, 0.5) is 0 Å². The summed E-state index contributed by atoms with van der Waals surface area (Å²) in [6.07, 6.45) is 5.78. The average molecular weight is 208 g/mol. The number of hydrogen-bond donors (Lipinski definition) is 1. The molecule has 2 heterocycles. The maximum absolute atomic E-state index is 11.8. The van der Waals surface area contributed by atoms with Gasteiger partial charge in [-0.3, -0.25) is 4.79 Å². The van der Waals surface area contributed by atoms with Crippen LogP contribution in [-0.4, -0.2) is 37.0 Å². The molecule has 1 N–H and O–H groups in total. The lowest BCUT2D eigenvalue weighted by molar-refractivity contribution is -0.133. The van der Waals surface area contributed by atoms with Crippen molar-refractivity contribution in [2.75, 3.05) is 26.2 Å². The van der Waals surface area contributed by atoms with Crippen molar-refractivity contribution in [2.45, 2.75) is 19.8 Å². The maximum atomic E-state index is 11.8. The van der Waals surface area contributed by atoms with Crippen molar-refractivity contribution in [3.63, 3.8) is 0 Å². The number of nitrogens with zero attached hydrogens (tertiary/aromatic N) is 1. The molecule has 3 nitrogen and oxygen atoms in total. The van der Waals surface area contributed by atoms with Gasteiger partial charge in [0.25, 0.3) is 0 Å². The van der Waals surface area contributed by atoms with E-state index in [1.54, 1.807) is 0 Å². The molecule has 3 heteroatoms. The van der Waals surface area contributed by atoms with Gasteiger partial charge < -0.3 is 10.2 Å². The number of fused-ring (bicyclic) bond motifs is 2. The number of amides is 1. The minimum Gasteiger partial charge on any atom is -0.342 e. The van der Waals surface area contributed by atoms with E-state index in [0.717, 1.165) is 26.2 Å². The van der Waals surface area contributed by atoms with Crippen LogP contribution in [0.15, 0.2) is 12.2 Å². The first-order chi connectivity index (χ1) is 7.29. The van der Waals surface area contributed by atoms with Crippen LogP contribution in [0.1, 0.15) is 19.8 Å². The van der Waals surface area contributed by atoms with Crippen LogP contribution < -0.4 is 5.32 Å². The number of carbonyl (C=O) groups is 1. The summed E-state index contributed by atoms with van der Waals surface area (Å²) in [6.45, 7) is 6.05. The highest BCUT2D eigenvalue weighted by Gasteiger charge is 2.31. The molecule has 2 aliphatic rings. The molecule has 2 saturated heterocycles. The van der Waals surface area contributed by atoms with Crippen molar-refractivity contribution < 1.29 is 4.79 Å². The van der Waals surface area contributed by atoms with Crippen molar-refractivity contribution in [1.29, 1.82) is 0 Å². The number of carbonyl (C=O) groups excluding carboxylic acids is 1. The lowest BCUT2D eigenvalue weighted by Gasteiger charge is -2.41. The predicted octanol–water partition coefficient (Wildman–Crippen LogP) is 1.02. The Bertz CT molecular complexity index is 250. The van der Waals surface area contributed by atoms with Crippen LogP contribution in [0.25, 0.3) is 0 Å². The molecule has 2 rings (SSSR count). The highest BCUT2D eigenvalue weighted by molar-refractivity contribution is 5.77. The summed E-state index contributed by atoms with van der Waals surface area (Å²) >= 11 is 0. The zero-order chi connectivity index (χ0) is 10.7.